The fraction of sp³-hybridized carbons (Fsp3) is 0.263. The summed E-state index contributed by atoms with van der Waals surface area (Å²) in [5.41, 5.74) is 1.31. The molecule has 0 aromatic heterocycles. The average molecular weight is 344 g/mol. The number of halogens is 1. The van der Waals surface area contributed by atoms with Gasteiger partial charge in [0.2, 0.25) is 5.91 Å². The SMILES string of the molecule is O=C(NCCC(=O)N(CCO)Cc1ccccc1)c1ccc(F)cc1. The summed E-state index contributed by atoms with van der Waals surface area (Å²) in [5.74, 6) is -0.922. The maximum Gasteiger partial charge on any atom is 0.251 e. The van der Waals surface area contributed by atoms with Crippen LogP contribution < -0.4 is 5.32 Å². The molecular formula is C19H21FN2O3. The van der Waals surface area contributed by atoms with Crippen LogP contribution in [-0.4, -0.2) is 41.5 Å². The van der Waals surface area contributed by atoms with Gasteiger partial charge in [0.05, 0.1) is 6.61 Å². The van der Waals surface area contributed by atoms with Gasteiger partial charge in [-0.2, -0.15) is 0 Å². The molecule has 5 nitrogen and oxygen atoms in total. The normalized spacial score (nSPS) is 10.3. The van der Waals surface area contributed by atoms with Crippen LogP contribution in [0.3, 0.4) is 0 Å². The lowest BCUT2D eigenvalue weighted by Crippen LogP contribution is -2.36. The van der Waals surface area contributed by atoms with E-state index in [0.717, 1.165) is 5.56 Å². The Bertz CT molecular complexity index is 690. The number of hydrogen-bond acceptors (Lipinski definition) is 3. The molecule has 0 heterocycles. The van der Waals surface area contributed by atoms with E-state index in [1.165, 1.54) is 24.3 Å². The van der Waals surface area contributed by atoms with Crippen LogP contribution in [0.2, 0.25) is 0 Å². The van der Waals surface area contributed by atoms with Gasteiger partial charge in [0, 0.05) is 31.6 Å². The van der Waals surface area contributed by atoms with Gasteiger partial charge in [-0.1, -0.05) is 30.3 Å². The van der Waals surface area contributed by atoms with Crippen molar-refractivity contribution in [2.45, 2.75) is 13.0 Å². The minimum absolute atomic E-state index is 0.124. The molecule has 0 radical (unpaired) electrons. The topological polar surface area (TPSA) is 69.6 Å². The van der Waals surface area contributed by atoms with Gasteiger partial charge >= 0.3 is 0 Å². The van der Waals surface area contributed by atoms with Gasteiger partial charge in [0.25, 0.3) is 5.91 Å². The molecule has 0 unspecified atom stereocenters. The van der Waals surface area contributed by atoms with Crippen molar-refractivity contribution in [1.29, 1.82) is 0 Å². The lowest BCUT2D eigenvalue weighted by atomic mass is 10.2. The van der Waals surface area contributed by atoms with Crippen LogP contribution in [0, 0.1) is 5.82 Å². The molecular weight excluding hydrogens is 323 g/mol. The van der Waals surface area contributed by atoms with Crippen molar-refractivity contribution in [2.75, 3.05) is 19.7 Å². The highest BCUT2D eigenvalue weighted by molar-refractivity contribution is 5.94. The third-order valence-electron chi connectivity index (χ3n) is 3.67. The fourth-order valence-corrected chi connectivity index (χ4v) is 2.36. The molecule has 2 aromatic rings. The summed E-state index contributed by atoms with van der Waals surface area (Å²) in [7, 11) is 0. The largest absolute Gasteiger partial charge is 0.395 e. The summed E-state index contributed by atoms with van der Waals surface area (Å²) in [5, 5.41) is 11.8. The van der Waals surface area contributed by atoms with E-state index in [0.29, 0.717) is 12.1 Å². The number of hydrogen-bond donors (Lipinski definition) is 2. The van der Waals surface area contributed by atoms with Crippen LogP contribution in [0.25, 0.3) is 0 Å². The van der Waals surface area contributed by atoms with Crippen LogP contribution in [0.4, 0.5) is 4.39 Å². The van der Waals surface area contributed by atoms with Gasteiger partial charge in [-0.3, -0.25) is 9.59 Å². The summed E-state index contributed by atoms with van der Waals surface area (Å²) in [4.78, 5) is 25.8. The zero-order chi connectivity index (χ0) is 18.1. The summed E-state index contributed by atoms with van der Waals surface area (Å²) in [6.45, 7) is 0.693. The Kier molecular flexibility index (Phi) is 7.10. The van der Waals surface area contributed by atoms with E-state index in [4.69, 9.17) is 5.11 Å². The Hall–Kier alpha value is -2.73. The van der Waals surface area contributed by atoms with E-state index in [1.54, 1.807) is 4.90 Å². The van der Waals surface area contributed by atoms with Crippen molar-refractivity contribution < 1.29 is 19.1 Å². The monoisotopic (exact) mass is 344 g/mol. The zero-order valence-corrected chi connectivity index (χ0v) is 13.8. The molecule has 132 valence electrons. The molecule has 25 heavy (non-hydrogen) atoms. The number of carbonyl (C=O) groups is 2. The predicted octanol–water partition coefficient (Wildman–Crippen LogP) is 1.97. The molecule has 6 heteroatoms. The number of nitrogens with zero attached hydrogens (tertiary/aromatic N) is 1. The number of rotatable bonds is 8. The lowest BCUT2D eigenvalue weighted by molar-refractivity contribution is -0.132. The van der Waals surface area contributed by atoms with E-state index >= 15 is 0 Å². The van der Waals surface area contributed by atoms with E-state index in [1.807, 2.05) is 30.3 Å². The molecule has 0 saturated heterocycles. The maximum atomic E-state index is 12.8. The Morgan fingerprint density at radius 2 is 1.72 bits per heavy atom. The molecule has 0 aliphatic rings. The van der Waals surface area contributed by atoms with Crippen LogP contribution >= 0.6 is 0 Å². The number of aliphatic hydroxyl groups is 1. The Labute approximate surface area is 146 Å². The molecule has 0 atom stereocenters. The number of amides is 2. The quantitative estimate of drug-likeness (QED) is 0.769. The Morgan fingerprint density at radius 3 is 2.36 bits per heavy atom. The van der Waals surface area contributed by atoms with Crippen molar-refractivity contribution in [1.82, 2.24) is 10.2 Å². The molecule has 2 N–H and O–H groups in total. The second-order valence-electron chi connectivity index (χ2n) is 5.54. The average Bonchev–Trinajstić information content (AvgIpc) is 2.62. The first-order valence-electron chi connectivity index (χ1n) is 8.06. The summed E-state index contributed by atoms with van der Waals surface area (Å²) in [6.07, 6.45) is 0.125. The second kappa shape index (κ2) is 9.54. The van der Waals surface area contributed by atoms with E-state index < -0.39 is 5.82 Å². The fourth-order valence-electron chi connectivity index (χ4n) is 2.36. The molecule has 0 fully saturated rings. The molecule has 0 saturated carbocycles. The van der Waals surface area contributed by atoms with Gasteiger partial charge < -0.3 is 15.3 Å². The van der Waals surface area contributed by atoms with Gasteiger partial charge in [-0.05, 0) is 29.8 Å². The highest BCUT2D eigenvalue weighted by Crippen LogP contribution is 2.06. The highest BCUT2D eigenvalue weighted by Gasteiger charge is 2.14. The Morgan fingerprint density at radius 1 is 1.04 bits per heavy atom. The number of aliphatic hydroxyl groups excluding tert-OH is 1. The van der Waals surface area contributed by atoms with E-state index in [2.05, 4.69) is 5.32 Å². The lowest BCUT2D eigenvalue weighted by Gasteiger charge is -2.22. The number of carbonyl (C=O) groups excluding carboxylic acids is 2. The maximum absolute atomic E-state index is 12.8. The first-order chi connectivity index (χ1) is 12.1. The summed E-state index contributed by atoms with van der Waals surface area (Å²) < 4.78 is 12.8. The van der Waals surface area contributed by atoms with Gasteiger partial charge in [-0.15, -0.1) is 0 Å². The Balaban J connectivity index is 1.84. The first kappa shape index (κ1) is 18.6. The number of benzene rings is 2. The second-order valence-corrected chi connectivity index (χ2v) is 5.54. The predicted molar refractivity (Wildman–Crippen MR) is 92.3 cm³/mol. The van der Waals surface area contributed by atoms with Gasteiger partial charge in [-0.25, -0.2) is 4.39 Å². The third-order valence-corrected chi connectivity index (χ3v) is 3.67. The summed E-state index contributed by atoms with van der Waals surface area (Å²) in [6, 6.07) is 14.7. The van der Waals surface area contributed by atoms with E-state index in [9.17, 15) is 14.0 Å². The van der Waals surface area contributed by atoms with Crippen LogP contribution in [0.1, 0.15) is 22.3 Å². The van der Waals surface area contributed by atoms with Gasteiger partial charge in [0.1, 0.15) is 5.82 Å². The van der Waals surface area contributed by atoms with Gasteiger partial charge in [0.15, 0.2) is 0 Å². The zero-order valence-electron chi connectivity index (χ0n) is 13.8. The molecule has 2 rings (SSSR count). The van der Waals surface area contributed by atoms with Crippen molar-refractivity contribution in [3.63, 3.8) is 0 Å². The minimum atomic E-state index is -0.410. The van der Waals surface area contributed by atoms with Crippen LogP contribution in [0.5, 0.6) is 0 Å². The third kappa shape index (κ3) is 6.00. The molecule has 0 aliphatic carbocycles. The molecule has 0 aliphatic heterocycles. The van der Waals surface area contributed by atoms with Crippen molar-refractivity contribution >= 4 is 11.8 Å². The highest BCUT2D eigenvalue weighted by atomic mass is 19.1. The summed E-state index contributed by atoms with van der Waals surface area (Å²) >= 11 is 0. The van der Waals surface area contributed by atoms with Crippen LogP contribution in [0.15, 0.2) is 54.6 Å². The molecule has 0 spiro atoms. The standard InChI is InChI=1S/C19H21FN2O3/c20-17-8-6-16(7-9-17)19(25)21-11-10-18(24)22(12-13-23)14-15-4-2-1-3-5-15/h1-9,23H,10-14H2,(H,21,25). The van der Waals surface area contributed by atoms with Crippen molar-refractivity contribution in [2.24, 2.45) is 0 Å². The number of nitrogens with one attached hydrogen (secondary N) is 1. The first-order valence-corrected chi connectivity index (χ1v) is 8.06. The van der Waals surface area contributed by atoms with Crippen molar-refractivity contribution in [3.05, 3.63) is 71.5 Å². The van der Waals surface area contributed by atoms with E-state index in [-0.39, 0.29) is 37.9 Å². The minimum Gasteiger partial charge on any atom is -0.395 e. The van der Waals surface area contributed by atoms with Crippen LogP contribution in [-0.2, 0) is 11.3 Å². The smallest absolute Gasteiger partial charge is 0.251 e. The van der Waals surface area contributed by atoms with Crippen molar-refractivity contribution in [3.8, 4) is 0 Å². The molecule has 2 aromatic carbocycles. The molecule has 0 bridgehead atoms. The molecule has 2 amide bonds.